The Balaban J connectivity index is 1.94. The second-order valence-corrected chi connectivity index (χ2v) is 10.7. The van der Waals surface area contributed by atoms with Crippen LogP contribution in [0.3, 0.4) is 0 Å². The van der Waals surface area contributed by atoms with Gasteiger partial charge in [-0.15, -0.1) is 0 Å². The maximum atomic E-state index is 12.7. The van der Waals surface area contributed by atoms with Crippen molar-refractivity contribution in [1.29, 1.82) is 0 Å². The van der Waals surface area contributed by atoms with Crippen LogP contribution in [0.1, 0.15) is 136 Å². The summed E-state index contributed by atoms with van der Waals surface area (Å²) in [5.41, 5.74) is 0. The molecule has 0 amide bonds. The lowest BCUT2D eigenvalue weighted by Gasteiger charge is -2.35. The normalized spacial score (nSPS) is 19.9. The van der Waals surface area contributed by atoms with E-state index in [1.807, 2.05) is 0 Å². The van der Waals surface area contributed by atoms with Gasteiger partial charge in [0.15, 0.2) is 0 Å². The molecule has 0 aromatic carbocycles. The van der Waals surface area contributed by atoms with Gasteiger partial charge in [-0.05, 0) is 78.8 Å². The molecule has 0 radical (unpaired) electrons. The van der Waals surface area contributed by atoms with E-state index in [-0.39, 0.29) is 18.0 Å². The average Bonchev–Trinajstić information content (AvgIpc) is 2.83. The minimum absolute atomic E-state index is 0.0388. The monoisotopic (exact) mass is 475 g/mol. The zero-order valence-electron chi connectivity index (χ0n) is 23.2. The second-order valence-electron chi connectivity index (χ2n) is 10.7. The zero-order valence-corrected chi connectivity index (χ0v) is 23.2. The van der Waals surface area contributed by atoms with Gasteiger partial charge in [0.1, 0.15) is 0 Å². The molecule has 0 saturated heterocycles. The first kappa shape index (κ1) is 30.9. The molecule has 0 N–H and O–H groups in total. The van der Waals surface area contributed by atoms with Crippen LogP contribution in [0.15, 0.2) is 24.3 Å². The van der Waals surface area contributed by atoms with Gasteiger partial charge in [-0.1, -0.05) is 95.4 Å². The molecule has 3 unspecified atom stereocenters. The third-order valence-electron chi connectivity index (χ3n) is 7.32. The molecule has 3 heteroatoms. The number of allylic oxidation sites excluding steroid dienone is 4. The largest absolute Gasteiger partial charge is 0.462 e. The van der Waals surface area contributed by atoms with Crippen LogP contribution >= 0.6 is 0 Å². The smallest absolute Gasteiger partial charge is 0.310 e. The molecular formula is C31H57NO2. The number of nitrogens with zero attached hydrogens (tertiary/aromatic N) is 1. The second kappa shape index (κ2) is 21.2. The van der Waals surface area contributed by atoms with E-state index in [0.29, 0.717) is 6.04 Å². The maximum Gasteiger partial charge on any atom is 0.310 e. The zero-order chi connectivity index (χ0) is 24.9. The van der Waals surface area contributed by atoms with Crippen molar-refractivity contribution in [2.24, 2.45) is 5.92 Å². The van der Waals surface area contributed by atoms with Crippen LogP contribution in [0.5, 0.6) is 0 Å². The van der Waals surface area contributed by atoms with Gasteiger partial charge in [-0.25, -0.2) is 0 Å². The Labute approximate surface area is 212 Å². The van der Waals surface area contributed by atoms with E-state index in [1.165, 1.54) is 89.9 Å². The van der Waals surface area contributed by atoms with Gasteiger partial charge in [-0.2, -0.15) is 0 Å². The summed E-state index contributed by atoms with van der Waals surface area (Å²) in [5.74, 6) is 0.105. The first-order valence-electron chi connectivity index (χ1n) is 14.7. The summed E-state index contributed by atoms with van der Waals surface area (Å²) in [6, 6.07) is 0.352. The van der Waals surface area contributed by atoms with Crippen molar-refractivity contribution in [1.82, 2.24) is 4.90 Å². The Kier molecular flexibility index (Phi) is 19.3. The SMILES string of the molecule is CCCCCCC/C=C\C/C=C\CCCCCCCCC(C)OC(=O)C1CCCCC1N(C)C. The molecule has 0 aromatic heterocycles. The van der Waals surface area contributed by atoms with Gasteiger partial charge < -0.3 is 9.64 Å². The van der Waals surface area contributed by atoms with Crippen molar-refractivity contribution in [2.75, 3.05) is 14.1 Å². The van der Waals surface area contributed by atoms with Gasteiger partial charge in [0.25, 0.3) is 0 Å². The van der Waals surface area contributed by atoms with Gasteiger partial charge >= 0.3 is 5.97 Å². The Morgan fingerprint density at radius 3 is 2.00 bits per heavy atom. The highest BCUT2D eigenvalue weighted by Crippen LogP contribution is 2.29. The summed E-state index contributed by atoms with van der Waals surface area (Å²) in [6.45, 7) is 4.34. The van der Waals surface area contributed by atoms with Crippen LogP contribution in [-0.2, 0) is 9.53 Å². The molecule has 0 heterocycles. The molecule has 0 bridgehead atoms. The topological polar surface area (TPSA) is 29.5 Å². The fraction of sp³-hybridized carbons (Fsp3) is 0.839. The van der Waals surface area contributed by atoms with Crippen molar-refractivity contribution in [3.63, 3.8) is 0 Å². The molecular weight excluding hydrogens is 418 g/mol. The lowest BCUT2D eigenvalue weighted by molar-refractivity contribution is -0.157. The summed E-state index contributed by atoms with van der Waals surface area (Å²) in [7, 11) is 4.18. The molecule has 3 atom stereocenters. The fourth-order valence-electron chi connectivity index (χ4n) is 5.12. The van der Waals surface area contributed by atoms with Gasteiger partial charge in [-0.3, -0.25) is 4.79 Å². The molecule has 34 heavy (non-hydrogen) atoms. The molecule has 1 saturated carbocycles. The number of hydrogen-bond donors (Lipinski definition) is 0. The number of rotatable bonds is 20. The Bertz CT molecular complexity index is 540. The molecule has 1 aliphatic rings. The van der Waals surface area contributed by atoms with Crippen LogP contribution in [0.2, 0.25) is 0 Å². The number of ether oxygens (including phenoxy) is 1. The van der Waals surface area contributed by atoms with E-state index in [9.17, 15) is 4.79 Å². The highest BCUT2D eigenvalue weighted by molar-refractivity contribution is 5.73. The Morgan fingerprint density at radius 2 is 1.38 bits per heavy atom. The number of carbonyl (C=O) groups is 1. The molecule has 0 spiro atoms. The molecule has 3 nitrogen and oxygen atoms in total. The predicted octanol–water partition coefficient (Wildman–Crippen LogP) is 9.02. The molecule has 198 valence electrons. The summed E-state index contributed by atoms with van der Waals surface area (Å²) < 4.78 is 5.83. The lowest BCUT2D eigenvalue weighted by atomic mass is 9.84. The summed E-state index contributed by atoms with van der Waals surface area (Å²) in [4.78, 5) is 14.9. The highest BCUT2D eigenvalue weighted by Gasteiger charge is 2.34. The lowest BCUT2D eigenvalue weighted by Crippen LogP contribution is -2.42. The summed E-state index contributed by atoms with van der Waals surface area (Å²) >= 11 is 0. The minimum atomic E-state index is 0.0388. The van der Waals surface area contributed by atoms with Crippen LogP contribution in [0.25, 0.3) is 0 Å². The standard InChI is InChI=1S/C31H57NO2/c1-5-6-7-8-9-10-11-12-13-14-15-16-17-18-19-20-21-22-25-28(2)34-31(33)29-26-23-24-27-30(29)32(3)4/h11-12,14-15,28-30H,5-10,13,16-27H2,1-4H3/b12-11-,15-14-. The van der Waals surface area contributed by atoms with Crippen LogP contribution in [0, 0.1) is 5.92 Å². The number of esters is 1. The van der Waals surface area contributed by atoms with Crippen LogP contribution in [-0.4, -0.2) is 37.1 Å². The number of hydrogen-bond acceptors (Lipinski definition) is 3. The minimum Gasteiger partial charge on any atom is -0.462 e. The predicted molar refractivity (Wildman–Crippen MR) is 148 cm³/mol. The number of carbonyl (C=O) groups excluding carboxylic acids is 1. The highest BCUT2D eigenvalue weighted by atomic mass is 16.5. The van der Waals surface area contributed by atoms with E-state index < -0.39 is 0 Å². The van der Waals surface area contributed by atoms with E-state index in [2.05, 4.69) is 57.1 Å². The molecule has 1 aliphatic carbocycles. The van der Waals surface area contributed by atoms with E-state index in [4.69, 9.17) is 4.74 Å². The maximum absolute atomic E-state index is 12.7. The third-order valence-corrected chi connectivity index (χ3v) is 7.32. The Morgan fingerprint density at radius 1 is 0.824 bits per heavy atom. The third kappa shape index (κ3) is 15.7. The van der Waals surface area contributed by atoms with E-state index in [1.54, 1.807) is 0 Å². The number of unbranched alkanes of at least 4 members (excludes halogenated alkanes) is 11. The Hall–Kier alpha value is -1.09. The summed E-state index contributed by atoms with van der Waals surface area (Å²) in [5, 5.41) is 0. The molecule has 1 rings (SSSR count). The van der Waals surface area contributed by atoms with Crippen molar-refractivity contribution in [3.05, 3.63) is 24.3 Å². The average molecular weight is 476 g/mol. The van der Waals surface area contributed by atoms with Crippen molar-refractivity contribution in [3.8, 4) is 0 Å². The van der Waals surface area contributed by atoms with Gasteiger partial charge in [0, 0.05) is 6.04 Å². The molecule has 0 aromatic rings. The quantitative estimate of drug-likeness (QED) is 0.0999. The van der Waals surface area contributed by atoms with Crippen molar-refractivity contribution < 1.29 is 9.53 Å². The first-order chi connectivity index (χ1) is 16.6. The molecule has 1 fully saturated rings. The van der Waals surface area contributed by atoms with E-state index >= 15 is 0 Å². The van der Waals surface area contributed by atoms with Crippen molar-refractivity contribution in [2.45, 2.75) is 148 Å². The van der Waals surface area contributed by atoms with E-state index in [0.717, 1.165) is 32.1 Å². The van der Waals surface area contributed by atoms with Gasteiger partial charge in [0.2, 0.25) is 0 Å². The van der Waals surface area contributed by atoms with Crippen molar-refractivity contribution >= 4 is 5.97 Å². The first-order valence-corrected chi connectivity index (χ1v) is 14.7. The van der Waals surface area contributed by atoms with Crippen LogP contribution in [0.4, 0.5) is 0 Å². The fourth-order valence-corrected chi connectivity index (χ4v) is 5.12. The summed E-state index contributed by atoms with van der Waals surface area (Å²) in [6.07, 6.45) is 33.0. The van der Waals surface area contributed by atoms with Crippen LogP contribution < -0.4 is 0 Å². The molecule has 0 aliphatic heterocycles. The van der Waals surface area contributed by atoms with Gasteiger partial charge in [0.05, 0.1) is 12.0 Å².